The lowest BCUT2D eigenvalue weighted by molar-refractivity contribution is -0.384. The first-order chi connectivity index (χ1) is 10.4. The van der Waals surface area contributed by atoms with Gasteiger partial charge in [-0.25, -0.2) is 4.39 Å². The highest BCUT2D eigenvalue weighted by atomic mass is 32.1. The third kappa shape index (κ3) is 3.56. The molecular formula is C15H14FN3O2S. The van der Waals surface area contributed by atoms with Crippen LogP contribution in [0.15, 0.2) is 36.4 Å². The predicted octanol–water partition coefficient (Wildman–Crippen LogP) is 4.16. The second-order valence-corrected chi connectivity index (χ2v) is 5.15. The number of nitro benzene ring substituents is 1. The van der Waals surface area contributed by atoms with Crippen LogP contribution in [0.25, 0.3) is 0 Å². The Morgan fingerprint density at radius 1 is 1.18 bits per heavy atom. The number of anilines is 2. The van der Waals surface area contributed by atoms with Crippen molar-refractivity contribution in [2.45, 2.75) is 13.8 Å². The predicted molar refractivity (Wildman–Crippen MR) is 88.8 cm³/mol. The van der Waals surface area contributed by atoms with Crippen LogP contribution in [0.4, 0.5) is 21.5 Å². The quantitative estimate of drug-likeness (QED) is 0.505. The van der Waals surface area contributed by atoms with E-state index in [1.165, 1.54) is 6.07 Å². The fourth-order valence-electron chi connectivity index (χ4n) is 1.92. The number of hydrogen-bond donors (Lipinski definition) is 2. The number of rotatable bonds is 3. The first-order valence-corrected chi connectivity index (χ1v) is 6.87. The van der Waals surface area contributed by atoms with E-state index in [-0.39, 0.29) is 16.5 Å². The Morgan fingerprint density at radius 3 is 2.55 bits per heavy atom. The van der Waals surface area contributed by atoms with Crippen LogP contribution < -0.4 is 10.6 Å². The molecule has 2 aromatic rings. The maximum absolute atomic E-state index is 13.1. The van der Waals surface area contributed by atoms with Crippen molar-refractivity contribution in [3.05, 3.63) is 63.5 Å². The van der Waals surface area contributed by atoms with Gasteiger partial charge in [0.25, 0.3) is 5.69 Å². The van der Waals surface area contributed by atoms with Gasteiger partial charge in [0.15, 0.2) is 5.11 Å². The second kappa shape index (κ2) is 6.48. The van der Waals surface area contributed by atoms with Gasteiger partial charge in [0.05, 0.1) is 11.0 Å². The van der Waals surface area contributed by atoms with E-state index in [9.17, 15) is 14.5 Å². The van der Waals surface area contributed by atoms with Crippen molar-refractivity contribution in [1.29, 1.82) is 0 Å². The molecule has 2 rings (SSSR count). The van der Waals surface area contributed by atoms with Gasteiger partial charge < -0.3 is 10.6 Å². The van der Waals surface area contributed by atoms with Gasteiger partial charge in [-0.3, -0.25) is 10.1 Å². The van der Waals surface area contributed by atoms with Gasteiger partial charge >= 0.3 is 0 Å². The molecule has 0 heterocycles. The summed E-state index contributed by atoms with van der Waals surface area (Å²) in [7, 11) is 0. The number of hydrogen-bond acceptors (Lipinski definition) is 3. The first-order valence-electron chi connectivity index (χ1n) is 6.46. The van der Waals surface area contributed by atoms with Gasteiger partial charge in [-0.15, -0.1) is 0 Å². The average molecular weight is 319 g/mol. The van der Waals surface area contributed by atoms with Gasteiger partial charge in [0, 0.05) is 5.69 Å². The van der Waals surface area contributed by atoms with E-state index >= 15 is 0 Å². The zero-order valence-corrected chi connectivity index (χ0v) is 12.8. The molecule has 0 spiro atoms. The largest absolute Gasteiger partial charge is 0.332 e. The van der Waals surface area contributed by atoms with Gasteiger partial charge in [-0.1, -0.05) is 12.1 Å². The zero-order chi connectivity index (χ0) is 16.3. The van der Waals surface area contributed by atoms with E-state index in [0.29, 0.717) is 0 Å². The maximum atomic E-state index is 13.1. The third-order valence-corrected chi connectivity index (χ3v) is 3.46. The molecule has 2 N–H and O–H groups in total. The van der Waals surface area contributed by atoms with E-state index in [1.807, 2.05) is 32.0 Å². The molecule has 0 aliphatic heterocycles. The van der Waals surface area contributed by atoms with Crippen molar-refractivity contribution in [2.75, 3.05) is 10.6 Å². The molecule has 2 aromatic carbocycles. The van der Waals surface area contributed by atoms with Crippen molar-refractivity contribution in [1.82, 2.24) is 0 Å². The molecule has 0 aliphatic rings. The number of benzene rings is 2. The Hall–Kier alpha value is -2.54. The van der Waals surface area contributed by atoms with E-state index in [0.717, 1.165) is 28.9 Å². The fraction of sp³-hybridized carbons (Fsp3) is 0.133. The average Bonchev–Trinajstić information content (AvgIpc) is 2.45. The Labute approximate surface area is 132 Å². The SMILES string of the molecule is Cc1cccc(NC(=S)Nc2ccc(F)cc2[N+](=O)[O-])c1C. The standard InChI is InChI=1S/C15H14FN3O2S/c1-9-4-3-5-12(10(9)2)17-15(22)18-13-7-6-11(16)8-14(13)19(20)21/h3-8H,1-2H3,(H2,17,18,22). The van der Waals surface area contributed by atoms with Crippen LogP contribution in [0.3, 0.4) is 0 Å². The number of aryl methyl sites for hydroxylation is 1. The molecule has 22 heavy (non-hydrogen) atoms. The minimum atomic E-state index is -0.675. The van der Waals surface area contributed by atoms with Gasteiger partial charge in [-0.2, -0.15) is 0 Å². The monoisotopic (exact) mass is 319 g/mol. The van der Waals surface area contributed by atoms with Gasteiger partial charge in [0.1, 0.15) is 11.5 Å². The molecular weight excluding hydrogens is 305 g/mol. The summed E-state index contributed by atoms with van der Waals surface area (Å²) >= 11 is 5.16. The third-order valence-electron chi connectivity index (χ3n) is 3.26. The minimum absolute atomic E-state index is 0.134. The van der Waals surface area contributed by atoms with E-state index in [1.54, 1.807) is 0 Å². The molecule has 0 saturated heterocycles. The van der Waals surface area contributed by atoms with Crippen LogP contribution in [0.1, 0.15) is 11.1 Å². The summed E-state index contributed by atoms with van der Waals surface area (Å²) in [5.41, 5.74) is 2.70. The Balaban J connectivity index is 2.19. The molecule has 0 saturated carbocycles. The summed E-state index contributed by atoms with van der Waals surface area (Å²) in [4.78, 5) is 10.3. The highest BCUT2D eigenvalue weighted by Crippen LogP contribution is 2.25. The molecule has 0 amide bonds. The van der Waals surface area contributed by atoms with Crippen molar-refractivity contribution in [3.8, 4) is 0 Å². The number of nitrogens with zero attached hydrogens (tertiary/aromatic N) is 1. The van der Waals surface area contributed by atoms with Crippen molar-refractivity contribution in [3.63, 3.8) is 0 Å². The smallest absolute Gasteiger partial charge is 0.295 e. The summed E-state index contributed by atoms with van der Waals surface area (Å²) in [6.07, 6.45) is 0. The molecule has 0 fully saturated rings. The van der Waals surface area contributed by atoms with Crippen molar-refractivity contribution < 1.29 is 9.31 Å². The van der Waals surface area contributed by atoms with Crippen LogP contribution in [0.2, 0.25) is 0 Å². The summed E-state index contributed by atoms with van der Waals surface area (Å²) in [6.45, 7) is 3.92. The Bertz CT molecular complexity index is 750. The summed E-state index contributed by atoms with van der Waals surface area (Å²) in [5.74, 6) is -0.675. The number of nitrogens with one attached hydrogen (secondary N) is 2. The van der Waals surface area contributed by atoms with Crippen LogP contribution in [-0.2, 0) is 0 Å². The molecule has 0 bridgehead atoms. The number of nitro groups is 1. The normalized spacial score (nSPS) is 10.1. The van der Waals surface area contributed by atoms with Crippen LogP contribution in [-0.4, -0.2) is 10.0 Å². The second-order valence-electron chi connectivity index (χ2n) is 4.75. The number of halogens is 1. The maximum Gasteiger partial charge on any atom is 0.295 e. The highest BCUT2D eigenvalue weighted by Gasteiger charge is 2.16. The summed E-state index contributed by atoms with van der Waals surface area (Å²) in [5, 5.41) is 16.9. The van der Waals surface area contributed by atoms with Crippen LogP contribution >= 0.6 is 12.2 Å². The lowest BCUT2D eigenvalue weighted by Crippen LogP contribution is -2.20. The Kier molecular flexibility index (Phi) is 4.67. The van der Waals surface area contributed by atoms with Crippen LogP contribution in [0, 0.1) is 29.8 Å². The minimum Gasteiger partial charge on any atom is -0.332 e. The first kappa shape index (κ1) is 15.8. The lowest BCUT2D eigenvalue weighted by Gasteiger charge is -2.13. The van der Waals surface area contributed by atoms with E-state index < -0.39 is 10.7 Å². The van der Waals surface area contributed by atoms with E-state index in [2.05, 4.69) is 10.6 Å². The molecule has 0 atom stereocenters. The molecule has 7 heteroatoms. The van der Waals surface area contributed by atoms with Gasteiger partial charge in [0.2, 0.25) is 0 Å². The zero-order valence-electron chi connectivity index (χ0n) is 12.0. The molecule has 114 valence electrons. The van der Waals surface area contributed by atoms with Crippen molar-refractivity contribution >= 4 is 34.4 Å². The molecule has 0 unspecified atom stereocenters. The highest BCUT2D eigenvalue weighted by molar-refractivity contribution is 7.80. The molecule has 0 aliphatic carbocycles. The fourth-order valence-corrected chi connectivity index (χ4v) is 2.14. The molecule has 0 radical (unpaired) electrons. The topological polar surface area (TPSA) is 67.2 Å². The Morgan fingerprint density at radius 2 is 1.86 bits per heavy atom. The van der Waals surface area contributed by atoms with E-state index in [4.69, 9.17) is 12.2 Å². The van der Waals surface area contributed by atoms with Crippen LogP contribution in [0.5, 0.6) is 0 Å². The summed E-state index contributed by atoms with van der Waals surface area (Å²) < 4.78 is 13.1. The molecule has 5 nitrogen and oxygen atoms in total. The lowest BCUT2D eigenvalue weighted by atomic mass is 10.1. The van der Waals surface area contributed by atoms with Crippen molar-refractivity contribution in [2.24, 2.45) is 0 Å². The number of thiocarbonyl (C=S) groups is 1. The molecule has 0 aromatic heterocycles. The van der Waals surface area contributed by atoms with Gasteiger partial charge in [-0.05, 0) is 55.4 Å². The summed E-state index contributed by atoms with van der Waals surface area (Å²) in [6, 6.07) is 8.98.